The second-order valence-corrected chi connectivity index (χ2v) is 2.74. The summed E-state index contributed by atoms with van der Waals surface area (Å²) in [5, 5.41) is 11.5. The van der Waals surface area contributed by atoms with Gasteiger partial charge < -0.3 is 10.8 Å². The SMILES string of the molecule is NC(=O)NC(=S)c1ccccc1O. The molecule has 0 unspecified atom stereocenters. The van der Waals surface area contributed by atoms with Crippen LogP contribution >= 0.6 is 12.2 Å². The van der Waals surface area contributed by atoms with Gasteiger partial charge in [0.15, 0.2) is 0 Å². The molecule has 2 amide bonds. The molecule has 0 bridgehead atoms. The van der Waals surface area contributed by atoms with Gasteiger partial charge in [-0.3, -0.25) is 5.32 Å². The molecule has 0 aromatic heterocycles. The van der Waals surface area contributed by atoms with Crippen LogP contribution in [-0.2, 0) is 0 Å². The number of hydrogen-bond acceptors (Lipinski definition) is 3. The Labute approximate surface area is 80.4 Å². The molecule has 0 spiro atoms. The minimum atomic E-state index is -0.742. The largest absolute Gasteiger partial charge is 0.507 e. The van der Waals surface area contributed by atoms with Gasteiger partial charge in [0, 0.05) is 0 Å². The number of nitrogens with two attached hydrogens (primary N) is 1. The number of primary amides is 1. The molecule has 4 nitrogen and oxygen atoms in total. The third kappa shape index (κ3) is 2.41. The van der Waals surface area contributed by atoms with E-state index in [2.05, 4.69) is 5.32 Å². The van der Waals surface area contributed by atoms with Crippen molar-refractivity contribution in [1.29, 1.82) is 0 Å². The Kier molecular flexibility index (Phi) is 2.81. The molecule has 0 fully saturated rings. The van der Waals surface area contributed by atoms with E-state index in [9.17, 15) is 9.90 Å². The molecule has 1 rings (SSSR count). The zero-order valence-electron chi connectivity index (χ0n) is 6.65. The van der Waals surface area contributed by atoms with Crippen molar-refractivity contribution in [3.63, 3.8) is 0 Å². The average molecular weight is 196 g/mol. The number of nitrogens with one attached hydrogen (secondary N) is 1. The number of urea groups is 1. The number of benzene rings is 1. The van der Waals surface area contributed by atoms with E-state index in [0.717, 1.165) is 0 Å². The van der Waals surface area contributed by atoms with E-state index in [1.165, 1.54) is 6.07 Å². The molecule has 0 aliphatic carbocycles. The summed E-state index contributed by atoms with van der Waals surface area (Å²) >= 11 is 4.81. The summed E-state index contributed by atoms with van der Waals surface area (Å²) in [7, 11) is 0. The van der Waals surface area contributed by atoms with Crippen LogP contribution in [0.25, 0.3) is 0 Å². The van der Waals surface area contributed by atoms with Gasteiger partial charge in [-0.05, 0) is 12.1 Å². The van der Waals surface area contributed by atoms with Gasteiger partial charge in [0.1, 0.15) is 10.7 Å². The topological polar surface area (TPSA) is 75.4 Å². The van der Waals surface area contributed by atoms with Gasteiger partial charge in [-0.1, -0.05) is 24.4 Å². The average Bonchev–Trinajstić information content (AvgIpc) is 2.03. The Bertz CT molecular complexity index is 352. The zero-order valence-corrected chi connectivity index (χ0v) is 7.47. The van der Waals surface area contributed by atoms with Gasteiger partial charge in [0.25, 0.3) is 0 Å². The number of phenols is 1. The summed E-state index contributed by atoms with van der Waals surface area (Å²) in [6.07, 6.45) is 0. The summed E-state index contributed by atoms with van der Waals surface area (Å²) < 4.78 is 0. The summed E-state index contributed by atoms with van der Waals surface area (Å²) in [5.74, 6) is 0.0150. The van der Waals surface area contributed by atoms with Gasteiger partial charge in [-0.2, -0.15) is 0 Å². The van der Waals surface area contributed by atoms with E-state index in [0.29, 0.717) is 5.56 Å². The molecule has 0 aliphatic rings. The third-order valence-corrected chi connectivity index (χ3v) is 1.71. The number of aromatic hydroxyl groups is 1. The van der Waals surface area contributed by atoms with E-state index in [1.54, 1.807) is 18.2 Å². The maximum Gasteiger partial charge on any atom is 0.317 e. The standard InChI is InChI=1S/C8H8N2O2S/c9-8(12)10-7(13)5-3-1-2-4-6(5)11/h1-4,11H,(H3,9,10,12,13). The van der Waals surface area contributed by atoms with Gasteiger partial charge in [0.2, 0.25) is 0 Å². The first-order chi connectivity index (χ1) is 6.11. The van der Waals surface area contributed by atoms with Crippen LogP contribution in [0.5, 0.6) is 5.75 Å². The Morgan fingerprint density at radius 1 is 1.46 bits per heavy atom. The molecular weight excluding hydrogens is 188 g/mol. The molecule has 4 N–H and O–H groups in total. The minimum absolute atomic E-state index is 0.0150. The second kappa shape index (κ2) is 3.86. The van der Waals surface area contributed by atoms with Crippen molar-refractivity contribution < 1.29 is 9.90 Å². The van der Waals surface area contributed by atoms with Crippen LogP contribution in [0.3, 0.4) is 0 Å². The normalized spacial score (nSPS) is 9.23. The zero-order chi connectivity index (χ0) is 9.84. The highest BCUT2D eigenvalue weighted by atomic mass is 32.1. The molecular formula is C8H8N2O2S. The van der Waals surface area contributed by atoms with Crippen molar-refractivity contribution in [2.45, 2.75) is 0 Å². The Morgan fingerprint density at radius 2 is 2.08 bits per heavy atom. The summed E-state index contributed by atoms with van der Waals surface area (Å²) in [4.78, 5) is 10.6. The summed E-state index contributed by atoms with van der Waals surface area (Å²) in [5.41, 5.74) is 5.25. The lowest BCUT2D eigenvalue weighted by Crippen LogP contribution is -2.34. The lowest BCUT2D eigenvalue weighted by atomic mass is 10.2. The van der Waals surface area contributed by atoms with Gasteiger partial charge in [-0.25, -0.2) is 4.79 Å². The van der Waals surface area contributed by atoms with E-state index < -0.39 is 6.03 Å². The predicted octanol–water partition coefficient (Wildman–Crippen LogP) is 0.736. The van der Waals surface area contributed by atoms with Crippen LogP contribution in [-0.4, -0.2) is 16.1 Å². The maximum atomic E-state index is 10.4. The van der Waals surface area contributed by atoms with Crippen molar-refractivity contribution in [2.24, 2.45) is 5.73 Å². The lowest BCUT2D eigenvalue weighted by Gasteiger charge is -2.05. The summed E-state index contributed by atoms with van der Waals surface area (Å²) in [6, 6.07) is 5.68. The van der Waals surface area contributed by atoms with Gasteiger partial charge in [-0.15, -0.1) is 0 Å². The van der Waals surface area contributed by atoms with E-state index in [4.69, 9.17) is 18.0 Å². The second-order valence-electron chi connectivity index (χ2n) is 2.34. The molecule has 0 saturated carbocycles. The lowest BCUT2D eigenvalue weighted by molar-refractivity contribution is 0.253. The minimum Gasteiger partial charge on any atom is -0.507 e. The molecule has 68 valence electrons. The Hall–Kier alpha value is -1.62. The molecule has 0 saturated heterocycles. The van der Waals surface area contributed by atoms with Crippen molar-refractivity contribution >= 4 is 23.2 Å². The van der Waals surface area contributed by atoms with Gasteiger partial charge in [0.05, 0.1) is 5.56 Å². The first-order valence-electron chi connectivity index (χ1n) is 3.50. The molecule has 0 radical (unpaired) electrons. The predicted molar refractivity (Wildman–Crippen MR) is 52.5 cm³/mol. The first kappa shape index (κ1) is 9.47. The number of carbonyl (C=O) groups is 1. The van der Waals surface area contributed by atoms with Crippen molar-refractivity contribution in [1.82, 2.24) is 5.32 Å². The number of phenolic OH excluding ortho intramolecular Hbond substituents is 1. The fourth-order valence-corrected chi connectivity index (χ4v) is 1.12. The third-order valence-electron chi connectivity index (χ3n) is 1.39. The molecule has 5 heteroatoms. The Morgan fingerprint density at radius 3 is 2.62 bits per heavy atom. The van der Waals surface area contributed by atoms with Crippen molar-refractivity contribution in [2.75, 3.05) is 0 Å². The van der Waals surface area contributed by atoms with Crippen LogP contribution in [0.15, 0.2) is 24.3 Å². The number of rotatable bonds is 1. The molecule has 13 heavy (non-hydrogen) atoms. The quantitative estimate of drug-likeness (QED) is 0.580. The van der Waals surface area contributed by atoms with Gasteiger partial charge >= 0.3 is 6.03 Å². The van der Waals surface area contributed by atoms with Crippen molar-refractivity contribution in [3.05, 3.63) is 29.8 Å². The van der Waals surface area contributed by atoms with Crippen LogP contribution in [0.4, 0.5) is 4.79 Å². The van der Waals surface area contributed by atoms with Crippen LogP contribution in [0.1, 0.15) is 5.56 Å². The van der Waals surface area contributed by atoms with E-state index in [-0.39, 0.29) is 10.7 Å². The van der Waals surface area contributed by atoms with Crippen molar-refractivity contribution in [3.8, 4) is 5.75 Å². The highest BCUT2D eigenvalue weighted by Crippen LogP contribution is 2.15. The molecule has 0 atom stereocenters. The number of para-hydroxylation sites is 1. The van der Waals surface area contributed by atoms with E-state index >= 15 is 0 Å². The number of carbonyl (C=O) groups excluding carboxylic acids is 1. The molecule has 0 aliphatic heterocycles. The highest BCUT2D eigenvalue weighted by molar-refractivity contribution is 7.80. The van der Waals surface area contributed by atoms with Crippen LogP contribution in [0.2, 0.25) is 0 Å². The van der Waals surface area contributed by atoms with Crippen LogP contribution < -0.4 is 11.1 Å². The number of hydrogen-bond donors (Lipinski definition) is 3. The van der Waals surface area contributed by atoms with Crippen LogP contribution in [0, 0.1) is 0 Å². The Balaban J connectivity index is 2.89. The highest BCUT2D eigenvalue weighted by Gasteiger charge is 2.06. The fourth-order valence-electron chi connectivity index (χ4n) is 0.845. The monoisotopic (exact) mass is 196 g/mol. The molecule has 1 aromatic rings. The molecule has 1 aromatic carbocycles. The fraction of sp³-hybridized carbons (Fsp3) is 0. The smallest absolute Gasteiger partial charge is 0.317 e. The number of thiocarbonyl (C=S) groups is 1. The number of amides is 2. The maximum absolute atomic E-state index is 10.4. The first-order valence-corrected chi connectivity index (χ1v) is 3.91. The van der Waals surface area contributed by atoms with E-state index in [1.807, 2.05) is 0 Å². The summed E-state index contributed by atoms with van der Waals surface area (Å²) in [6.45, 7) is 0. The molecule has 0 heterocycles.